The Labute approximate surface area is 156 Å². The molecule has 0 fully saturated rings. The number of aliphatic hydroxyl groups is 1. The maximum atomic E-state index is 12.4. The molecule has 11 heteroatoms. The SMILES string of the molecule is Cc1ccc(S(=O)(=O)NCC(C)O)cc1-c1cnc(N)c(-n2cncn2)n1. The molecule has 1 unspecified atom stereocenters. The van der Waals surface area contributed by atoms with Gasteiger partial charge in [-0.3, -0.25) is 0 Å². The summed E-state index contributed by atoms with van der Waals surface area (Å²) in [5, 5.41) is 13.3. The largest absolute Gasteiger partial charge is 0.392 e. The summed E-state index contributed by atoms with van der Waals surface area (Å²) in [4.78, 5) is 12.5. The predicted octanol–water partition coefficient (Wildman–Crippen LogP) is 0.274. The highest BCUT2D eigenvalue weighted by molar-refractivity contribution is 7.89. The molecular formula is C16H19N7O3S. The Morgan fingerprint density at radius 2 is 2.15 bits per heavy atom. The van der Waals surface area contributed by atoms with Gasteiger partial charge in [-0.05, 0) is 31.5 Å². The highest BCUT2D eigenvalue weighted by Gasteiger charge is 2.18. The van der Waals surface area contributed by atoms with Gasteiger partial charge in [0.25, 0.3) is 0 Å². The molecule has 142 valence electrons. The Morgan fingerprint density at radius 3 is 2.81 bits per heavy atom. The Kier molecular flexibility index (Phi) is 5.17. The Balaban J connectivity index is 2.04. The van der Waals surface area contributed by atoms with Gasteiger partial charge < -0.3 is 10.8 Å². The van der Waals surface area contributed by atoms with Crippen LogP contribution < -0.4 is 10.5 Å². The van der Waals surface area contributed by atoms with Gasteiger partial charge in [-0.15, -0.1) is 0 Å². The highest BCUT2D eigenvalue weighted by atomic mass is 32.2. The molecule has 0 aliphatic rings. The van der Waals surface area contributed by atoms with E-state index in [1.54, 1.807) is 6.07 Å². The minimum Gasteiger partial charge on any atom is -0.392 e. The van der Waals surface area contributed by atoms with Crippen molar-refractivity contribution in [3.63, 3.8) is 0 Å². The van der Waals surface area contributed by atoms with Crippen molar-refractivity contribution in [1.82, 2.24) is 29.5 Å². The Morgan fingerprint density at radius 1 is 1.37 bits per heavy atom. The number of anilines is 1. The van der Waals surface area contributed by atoms with Gasteiger partial charge in [0, 0.05) is 12.1 Å². The first-order valence-electron chi connectivity index (χ1n) is 8.04. The van der Waals surface area contributed by atoms with Crippen LogP contribution in [-0.4, -0.2) is 50.9 Å². The molecule has 10 nitrogen and oxygen atoms in total. The lowest BCUT2D eigenvalue weighted by Gasteiger charge is -2.12. The molecule has 4 N–H and O–H groups in total. The predicted molar refractivity (Wildman–Crippen MR) is 98.4 cm³/mol. The molecule has 2 heterocycles. The zero-order valence-electron chi connectivity index (χ0n) is 14.7. The summed E-state index contributed by atoms with van der Waals surface area (Å²) in [5.41, 5.74) is 7.72. The second-order valence-corrected chi connectivity index (χ2v) is 7.75. The van der Waals surface area contributed by atoms with Crippen molar-refractivity contribution < 1.29 is 13.5 Å². The van der Waals surface area contributed by atoms with Crippen molar-refractivity contribution >= 4 is 15.8 Å². The number of nitrogens with zero attached hydrogens (tertiary/aromatic N) is 5. The van der Waals surface area contributed by atoms with Crippen LogP contribution in [0.2, 0.25) is 0 Å². The molecule has 3 aromatic rings. The third-order valence-electron chi connectivity index (χ3n) is 3.78. The van der Waals surface area contributed by atoms with Crippen LogP contribution in [-0.2, 0) is 10.0 Å². The van der Waals surface area contributed by atoms with Crippen LogP contribution in [0.5, 0.6) is 0 Å². The fourth-order valence-electron chi connectivity index (χ4n) is 2.36. The third-order valence-corrected chi connectivity index (χ3v) is 5.20. The van der Waals surface area contributed by atoms with Crippen LogP contribution in [0.4, 0.5) is 5.82 Å². The lowest BCUT2D eigenvalue weighted by molar-refractivity contribution is 0.198. The Bertz CT molecular complexity index is 1050. The average molecular weight is 389 g/mol. The van der Waals surface area contributed by atoms with E-state index in [9.17, 15) is 13.5 Å². The van der Waals surface area contributed by atoms with Gasteiger partial charge >= 0.3 is 0 Å². The number of nitrogens with one attached hydrogen (secondary N) is 1. The molecule has 3 rings (SSSR count). The van der Waals surface area contributed by atoms with Crippen LogP contribution in [0.15, 0.2) is 41.9 Å². The zero-order chi connectivity index (χ0) is 19.6. The average Bonchev–Trinajstić information content (AvgIpc) is 3.15. The second kappa shape index (κ2) is 7.39. The maximum Gasteiger partial charge on any atom is 0.240 e. The monoisotopic (exact) mass is 389 g/mol. The molecule has 0 saturated carbocycles. The minimum absolute atomic E-state index is 0.0599. The number of aromatic nitrogens is 5. The molecular weight excluding hydrogens is 370 g/mol. The zero-order valence-corrected chi connectivity index (χ0v) is 15.6. The van der Waals surface area contributed by atoms with Crippen LogP contribution in [0, 0.1) is 6.92 Å². The van der Waals surface area contributed by atoms with Crippen molar-refractivity contribution in [3.8, 4) is 17.1 Å². The quantitative estimate of drug-likeness (QED) is 0.544. The van der Waals surface area contributed by atoms with Crippen molar-refractivity contribution in [2.45, 2.75) is 24.8 Å². The summed E-state index contributed by atoms with van der Waals surface area (Å²) >= 11 is 0. The lowest BCUT2D eigenvalue weighted by atomic mass is 10.1. The maximum absolute atomic E-state index is 12.4. The number of sulfonamides is 1. The first-order valence-corrected chi connectivity index (χ1v) is 9.52. The molecule has 0 spiro atoms. The molecule has 0 saturated heterocycles. The van der Waals surface area contributed by atoms with E-state index < -0.39 is 16.1 Å². The number of rotatable bonds is 6. The summed E-state index contributed by atoms with van der Waals surface area (Å²) in [6, 6.07) is 4.68. The smallest absolute Gasteiger partial charge is 0.240 e. The topological polar surface area (TPSA) is 149 Å². The summed E-state index contributed by atoms with van der Waals surface area (Å²) in [6.45, 7) is 3.25. The normalized spacial score (nSPS) is 12.9. The molecule has 0 radical (unpaired) electrons. The number of aryl methyl sites for hydroxylation is 1. The van der Waals surface area contributed by atoms with Gasteiger partial charge in [-0.25, -0.2) is 28.1 Å². The van der Waals surface area contributed by atoms with Crippen molar-refractivity contribution in [1.29, 1.82) is 0 Å². The van der Waals surface area contributed by atoms with E-state index in [1.165, 1.54) is 42.6 Å². The standard InChI is InChI=1S/C16H19N7O3S/c1-10-3-4-12(27(25,26)21-6-11(2)24)5-13(10)14-7-19-15(17)16(22-14)23-9-18-8-20-23/h3-5,7-9,11,21,24H,6H2,1-2H3,(H2,17,19). The number of benzene rings is 1. The molecule has 0 amide bonds. The summed E-state index contributed by atoms with van der Waals surface area (Å²) in [5.74, 6) is 0.467. The molecule has 0 aliphatic heterocycles. The first-order chi connectivity index (χ1) is 12.8. The van der Waals surface area contributed by atoms with E-state index in [0.29, 0.717) is 17.1 Å². The molecule has 0 bridgehead atoms. The van der Waals surface area contributed by atoms with E-state index in [-0.39, 0.29) is 17.3 Å². The van der Waals surface area contributed by atoms with E-state index in [4.69, 9.17) is 5.73 Å². The van der Waals surface area contributed by atoms with Crippen LogP contribution in [0.1, 0.15) is 12.5 Å². The molecule has 1 atom stereocenters. The molecule has 0 aliphatic carbocycles. The fraction of sp³-hybridized carbons (Fsp3) is 0.250. The van der Waals surface area contributed by atoms with Crippen molar-refractivity contribution in [2.75, 3.05) is 12.3 Å². The van der Waals surface area contributed by atoms with E-state index >= 15 is 0 Å². The number of hydrogen-bond donors (Lipinski definition) is 3. The first kappa shape index (κ1) is 18.9. The van der Waals surface area contributed by atoms with Crippen LogP contribution in [0.25, 0.3) is 17.1 Å². The summed E-state index contributed by atoms with van der Waals surface area (Å²) in [6.07, 6.45) is 3.47. The molecule has 2 aromatic heterocycles. The van der Waals surface area contributed by atoms with Crippen LogP contribution in [0.3, 0.4) is 0 Å². The van der Waals surface area contributed by atoms with Gasteiger partial charge in [-0.2, -0.15) is 9.78 Å². The number of aliphatic hydroxyl groups excluding tert-OH is 1. The highest BCUT2D eigenvalue weighted by Crippen LogP contribution is 2.26. The van der Waals surface area contributed by atoms with Gasteiger partial charge in [0.2, 0.25) is 10.0 Å². The van der Waals surface area contributed by atoms with Crippen molar-refractivity contribution in [3.05, 3.63) is 42.6 Å². The Hall–Kier alpha value is -2.89. The third kappa shape index (κ3) is 4.10. The van der Waals surface area contributed by atoms with Gasteiger partial charge in [0.05, 0.1) is 22.9 Å². The summed E-state index contributed by atoms with van der Waals surface area (Å²) in [7, 11) is -3.77. The molecule has 27 heavy (non-hydrogen) atoms. The van der Waals surface area contributed by atoms with Crippen molar-refractivity contribution in [2.24, 2.45) is 0 Å². The van der Waals surface area contributed by atoms with E-state index in [0.717, 1.165) is 5.56 Å². The number of hydrogen-bond acceptors (Lipinski definition) is 8. The number of nitrogen functional groups attached to an aromatic ring is 1. The summed E-state index contributed by atoms with van der Waals surface area (Å²) < 4.78 is 28.6. The van der Waals surface area contributed by atoms with E-state index in [2.05, 4.69) is 24.8 Å². The molecule has 1 aromatic carbocycles. The minimum atomic E-state index is -3.77. The van der Waals surface area contributed by atoms with Gasteiger partial charge in [0.1, 0.15) is 12.7 Å². The number of nitrogens with two attached hydrogens (primary N) is 1. The van der Waals surface area contributed by atoms with Gasteiger partial charge in [0.15, 0.2) is 11.6 Å². The van der Waals surface area contributed by atoms with Gasteiger partial charge in [-0.1, -0.05) is 6.07 Å². The fourth-order valence-corrected chi connectivity index (χ4v) is 3.51. The van der Waals surface area contributed by atoms with E-state index in [1.807, 2.05) is 6.92 Å². The van der Waals surface area contributed by atoms with Crippen LogP contribution >= 0.6 is 0 Å². The lowest BCUT2D eigenvalue weighted by Crippen LogP contribution is -2.30. The second-order valence-electron chi connectivity index (χ2n) is 5.98.